The van der Waals surface area contributed by atoms with Crippen molar-refractivity contribution in [2.24, 2.45) is 0 Å². The van der Waals surface area contributed by atoms with Crippen LogP contribution in [-0.4, -0.2) is 18.2 Å². The van der Waals surface area contributed by atoms with Crippen LogP contribution in [0.3, 0.4) is 0 Å². The van der Waals surface area contributed by atoms with Crippen LogP contribution in [0.4, 0.5) is 0 Å². The Kier molecular flexibility index (Phi) is 3.25. The Labute approximate surface area is 76.4 Å². The van der Waals surface area contributed by atoms with Crippen LogP contribution in [0.15, 0.2) is 22.8 Å². The second-order valence-corrected chi connectivity index (χ2v) is 2.61. The van der Waals surface area contributed by atoms with Crippen LogP contribution in [-0.2, 0) is 4.79 Å². The maximum absolute atomic E-state index is 11.2. The van der Waals surface area contributed by atoms with Crippen molar-refractivity contribution >= 4 is 11.6 Å². The molecule has 0 saturated carbocycles. The van der Waals surface area contributed by atoms with Gasteiger partial charge in [0.2, 0.25) is 0 Å². The van der Waals surface area contributed by atoms with E-state index in [4.69, 9.17) is 9.83 Å². The first kappa shape index (κ1) is 9.51. The first-order valence-electron chi connectivity index (χ1n) is 4.16. The third-order valence-corrected chi connectivity index (χ3v) is 1.53. The molecule has 1 heterocycles. The van der Waals surface area contributed by atoms with Gasteiger partial charge in [0.1, 0.15) is 0 Å². The molecule has 0 fully saturated rings. The Morgan fingerprint density at radius 3 is 3.00 bits per heavy atom. The SMILES string of the molecule is CCCNC(=O)C(=N)c1ccco1. The fourth-order valence-electron chi connectivity index (χ4n) is 0.860. The summed E-state index contributed by atoms with van der Waals surface area (Å²) in [5.41, 5.74) is -0.126. The number of hydrogen-bond acceptors (Lipinski definition) is 3. The molecule has 0 spiro atoms. The van der Waals surface area contributed by atoms with Crippen LogP contribution in [0.1, 0.15) is 19.1 Å². The number of carbonyl (C=O) groups is 1. The number of amides is 1. The molecule has 0 aliphatic carbocycles. The minimum absolute atomic E-state index is 0.126. The molecule has 4 heteroatoms. The fourth-order valence-corrected chi connectivity index (χ4v) is 0.860. The summed E-state index contributed by atoms with van der Waals surface area (Å²) in [6.45, 7) is 2.54. The van der Waals surface area contributed by atoms with Crippen molar-refractivity contribution in [2.45, 2.75) is 13.3 Å². The normalized spacial score (nSPS) is 9.62. The van der Waals surface area contributed by atoms with Gasteiger partial charge in [0, 0.05) is 6.54 Å². The molecule has 70 valence electrons. The summed E-state index contributed by atoms with van der Waals surface area (Å²) in [6, 6.07) is 3.24. The lowest BCUT2D eigenvalue weighted by molar-refractivity contribution is -0.114. The molecular formula is C9H12N2O2. The summed E-state index contributed by atoms with van der Waals surface area (Å²) in [5.74, 6) is -0.0922. The van der Waals surface area contributed by atoms with Crippen molar-refractivity contribution in [3.05, 3.63) is 24.2 Å². The standard InChI is InChI=1S/C9H12N2O2/c1-2-5-11-9(12)8(10)7-4-3-6-13-7/h3-4,6,10H,2,5H2,1H3,(H,11,12). The van der Waals surface area contributed by atoms with Gasteiger partial charge >= 0.3 is 0 Å². The van der Waals surface area contributed by atoms with Gasteiger partial charge in [-0.05, 0) is 18.6 Å². The lowest BCUT2D eigenvalue weighted by atomic mass is 10.2. The lowest BCUT2D eigenvalue weighted by Gasteiger charge is -2.01. The highest BCUT2D eigenvalue weighted by molar-refractivity contribution is 6.43. The molecule has 0 aromatic carbocycles. The van der Waals surface area contributed by atoms with Gasteiger partial charge in [0.15, 0.2) is 11.5 Å². The summed E-state index contributed by atoms with van der Waals surface area (Å²) in [4.78, 5) is 11.2. The predicted molar refractivity (Wildman–Crippen MR) is 48.8 cm³/mol. The van der Waals surface area contributed by atoms with Crippen LogP contribution in [0.5, 0.6) is 0 Å². The van der Waals surface area contributed by atoms with E-state index in [1.54, 1.807) is 12.1 Å². The average Bonchev–Trinajstić information content (AvgIpc) is 2.65. The molecular weight excluding hydrogens is 168 g/mol. The van der Waals surface area contributed by atoms with Crippen LogP contribution in [0.25, 0.3) is 0 Å². The number of furan rings is 1. The monoisotopic (exact) mass is 180 g/mol. The molecule has 1 aromatic heterocycles. The first-order chi connectivity index (χ1) is 6.25. The average molecular weight is 180 g/mol. The van der Waals surface area contributed by atoms with E-state index in [9.17, 15) is 4.79 Å². The van der Waals surface area contributed by atoms with Crippen molar-refractivity contribution in [2.75, 3.05) is 6.54 Å². The fraction of sp³-hybridized carbons (Fsp3) is 0.333. The highest BCUT2D eigenvalue weighted by atomic mass is 16.3. The van der Waals surface area contributed by atoms with Crippen LogP contribution >= 0.6 is 0 Å². The Morgan fingerprint density at radius 2 is 2.46 bits per heavy atom. The van der Waals surface area contributed by atoms with E-state index in [1.807, 2.05) is 6.92 Å². The molecule has 0 bridgehead atoms. The van der Waals surface area contributed by atoms with Crippen LogP contribution in [0.2, 0.25) is 0 Å². The summed E-state index contributed by atoms with van der Waals surface area (Å²) in [5, 5.41) is 10.0. The van der Waals surface area contributed by atoms with E-state index in [0.717, 1.165) is 6.42 Å². The largest absolute Gasteiger partial charge is 0.463 e. The Balaban J connectivity index is 2.53. The molecule has 4 nitrogen and oxygen atoms in total. The minimum Gasteiger partial charge on any atom is -0.463 e. The van der Waals surface area contributed by atoms with Crippen molar-refractivity contribution in [3.8, 4) is 0 Å². The van der Waals surface area contributed by atoms with E-state index >= 15 is 0 Å². The quantitative estimate of drug-likeness (QED) is 0.683. The van der Waals surface area contributed by atoms with Crippen LogP contribution in [0, 0.1) is 5.41 Å². The number of rotatable bonds is 4. The van der Waals surface area contributed by atoms with Gasteiger partial charge in [0.05, 0.1) is 6.26 Å². The summed E-state index contributed by atoms with van der Waals surface area (Å²) >= 11 is 0. The maximum atomic E-state index is 11.2. The highest BCUT2D eigenvalue weighted by Crippen LogP contribution is 2.00. The Hall–Kier alpha value is -1.58. The van der Waals surface area contributed by atoms with Crippen molar-refractivity contribution in [3.63, 3.8) is 0 Å². The molecule has 13 heavy (non-hydrogen) atoms. The molecule has 0 saturated heterocycles. The van der Waals surface area contributed by atoms with Crippen molar-refractivity contribution in [1.82, 2.24) is 5.32 Å². The maximum Gasteiger partial charge on any atom is 0.273 e. The van der Waals surface area contributed by atoms with Gasteiger partial charge in [-0.15, -0.1) is 0 Å². The number of nitrogens with one attached hydrogen (secondary N) is 2. The smallest absolute Gasteiger partial charge is 0.273 e. The van der Waals surface area contributed by atoms with Gasteiger partial charge in [-0.2, -0.15) is 0 Å². The third-order valence-electron chi connectivity index (χ3n) is 1.53. The van der Waals surface area contributed by atoms with E-state index in [1.165, 1.54) is 6.26 Å². The zero-order valence-corrected chi connectivity index (χ0v) is 7.46. The van der Waals surface area contributed by atoms with E-state index < -0.39 is 5.91 Å². The van der Waals surface area contributed by atoms with Gasteiger partial charge < -0.3 is 9.73 Å². The second-order valence-electron chi connectivity index (χ2n) is 2.61. The molecule has 1 amide bonds. The molecule has 1 rings (SSSR count). The summed E-state index contributed by atoms with van der Waals surface area (Å²) in [6.07, 6.45) is 2.30. The Bertz CT molecular complexity index is 291. The molecule has 0 aliphatic heterocycles. The molecule has 0 unspecified atom stereocenters. The summed E-state index contributed by atoms with van der Waals surface area (Å²) in [7, 11) is 0. The van der Waals surface area contributed by atoms with Crippen molar-refractivity contribution < 1.29 is 9.21 Å². The lowest BCUT2D eigenvalue weighted by Crippen LogP contribution is -2.31. The van der Waals surface area contributed by atoms with Gasteiger partial charge in [-0.1, -0.05) is 6.92 Å². The zero-order valence-electron chi connectivity index (χ0n) is 7.46. The first-order valence-corrected chi connectivity index (χ1v) is 4.16. The van der Waals surface area contributed by atoms with E-state index in [2.05, 4.69) is 5.32 Å². The molecule has 0 atom stereocenters. The third kappa shape index (κ3) is 2.43. The second kappa shape index (κ2) is 4.45. The minimum atomic E-state index is -0.392. The number of hydrogen-bond donors (Lipinski definition) is 2. The van der Waals surface area contributed by atoms with Crippen LogP contribution < -0.4 is 5.32 Å². The van der Waals surface area contributed by atoms with Gasteiger partial charge in [-0.25, -0.2) is 0 Å². The van der Waals surface area contributed by atoms with Gasteiger partial charge in [-0.3, -0.25) is 10.2 Å². The topological polar surface area (TPSA) is 66.1 Å². The molecule has 2 N–H and O–H groups in total. The summed E-state index contributed by atoms with van der Waals surface area (Å²) < 4.78 is 4.91. The van der Waals surface area contributed by atoms with Gasteiger partial charge in [0.25, 0.3) is 5.91 Å². The van der Waals surface area contributed by atoms with E-state index in [-0.39, 0.29) is 5.71 Å². The highest BCUT2D eigenvalue weighted by Gasteiger charge is 2.12. The molecule has 1 aromatic rings. The Morgan fingerprint density at radius 1 is 1.69 bits per heavy atom. The molecule has 0 radical (unpaired) electrons. The predicted octanol–water partition coefficient (Wildman–Crippen LogP) is 1.17. The number of carbonyl (C=O) groups excluding carboxylic acids is 1. The van der Waals surface area contributed by atoms with Crippen molar-refractivity contribution in [1.29, 1.82) is 5.41 Å². The molecule has 0 aliphatic rings. The zero-order chi connectivity index (χ0) is 9.68. The van der Waals surface area contributed by atoms with E-state index in [0.29, 0.717) is 12.3 Å².